The van der Waals surface area contributed by atoms with Gasteiger partial charge in [0.2, 0.25) is 5.91 Å². The van der Waals surface area contributed by atoms with Crippen LogP contribution in [0.1, 0.15) is 46.0 Å². The first kappa shape index (κ1) is 17.3. The second-order valence-corrected chi connectivity index (χ2v) is 9.60. The minimum absolute atomic E-state index is 0.114. The van der Waals surface area contributed by atoms with Crippen molar-refractivity contribution in [3.05, 3.63) is 11.6 Å². The molecular weight excluding hydrogens is 346 g/mol. The molecule has 4 nitrogen and oxygen atoms in total. The van der Waals surface area contributed by atoms with E-state index in [1.807, 2.05) is 17.2 Å². The van der Waals surface area contributed by atoms with Gasteiger partial charge in [0.25, 0.3) is 0 Å². The van der Waals surface area contributed by atoms with Gasteiger partial charge in [-0.05, 0) is 26.7 Å². The summed E-state index contributed by atoms with van der Waals surface area (Å²) >= 11 is 4.94. The van der Waals surface area contributed by atoms with Crippen LogP contribution >= 0.6 is 34.9 Å². The minimum Gasteiger partial charge on any atom is -0.284 e. The molecule has 0 saturated heterocycles. The molecule has 7 heteroatoms. The van der Waals surface area contributed by atoms with E-state index in [2.05, 4.69) is 16.9 Å². The van der Waals surface area contributed by atoms with Gasteiger partial charge in [0, 0.05) is 23.4 Å². The fourth-order valence-corrected chi connectivity index (χ4v) is 6.11. The van der Waals surface area contributed by atoms with E-state index in [1.165, 1.54) is 19.3 Å². The molecule has 0 spiro atoms. The van der Waals surface area contributed by atoms with Gasteiger partial charge in [0.15, 0.2) is 5.13 Å². The highest BCUT2D eigenvalue weighted by molar-refractivity contribution is 8.39. The SMILES string of the molecule is CC1CSC(SC(C)C(=O)N(c2nccs2)C2CCCCC2)=N1. The van der Waals surface area contributed by atoms with Gasteiger partial charge in [-0.2, -0.15) is 0 Å². The number of anilines is 1. The van der Waals surface area contributed by atoms with Crippen LogP contribution in [0.15, 0.2) is 16.6 Å². The predicted molar refractivity (Wildman–Crippen MR) is 103 cm³/mol. The third kappa shape index (κ3) is 4.31. The van der Waals surface area contributed by atoms with Crippen molar-refractivity contribution in [2.24, 2.45) is 4.99 Å². The monoisotopic (exact) mass is 369 g/mol. The molecule has 1 fully saturated rings. The summed E-state index contributed by atoms with van der Waals surface area (Å²) < 4.78 is 1.06. The maximum absolute atomic E-state index is 13.1. The van der Waals surface area contributed by atoms with E-state index in [0.717, 1.165) is 28.1 Å². The van der Waals surface area contributed by atoms with Crippen LogP contribution in [0.3, 0.4) is 0 Å². The molecule has 126 valence electrons. The second-order valence-electron chi connectivity index (χ2n) is 6.13. The number of amides is 1. The van der Waals surface area contributed by atoms with E-state index in [9.17, 15) is 4.79 Å². The van der Waals surface area contributed by atoms with Crippen LogP contribution in [0.4, 0.5) is 5.13 Å². The number of aliphatic imine (C=N–C) groups is 1. The molecular formula is C16H23N3OS3. The molecule has 2 aliphatic rings. The van der Waals surface area contributed by atoms with Gasteiger partial charge in [0.1, 0.15) is 4.38 Å². The van der Waals surface area contributed by atoms with Crippen LogP contribution in [0.2, 0.25) is 0 Å². The Bertz CT molecular complexity index is 555. The molecule has 0 aromatic carbocycles. The van der Waals surface area contributed by atoms with Gasteiger partial charge >= 0.3 is 0 Å². The average Bonchev–Trinajstić information content (AvgIpc) is 3.21. The van der Waals surface area contributed by atoms with Crippen molar-refractivity contribution in [2.45, 2.75) is 63.3 Å². The summed E-state index contributed by atoms with van der Waals surface area (Å²) in [6, 6.07) is 0.681. The maximum atomic E-state index is 13.1. The molecule has 2 unspecified atom stereocenters. The number of nitrogens with zero attached hydrogens (tertiary/aromatic N) is 3. The zero-order chi connectivity index (χ0) is 16.2. The molecule has 1 aromatic rings. The number of hydrogen-bond acceptors (Lipinski definition) is 6. The third-order valence-corrected chi connectivity index (χ3v) is 7.48. The predicted octanol–water partition coefficient (Wildman–Crippen LogP) is 4.42. The molecule has 2 atom stereocenters. The Morgan fingerprint density at radius 3 is 2.78 bits per heavy atom. The van der Waals surface area contributed by atoms with Crippen LogP contribution in [0, 0.1) is 0 Å². The molecule has 3 rings (SSSR count). The normalized spacial score (nSPS) is 23.6. The van der Waals surface area contributed by atoms with Crippen LogP contribution in [-0.4, -0.2) is 38.4 Å². The smallest absolute Gasteiger partial charge is 0.242 e. The Hall–Kier alpha value is -0.530. The van der Waals surface area contributed by atoms with Gasteiger partial charge in [-0.1, -0.05) is 42.8 Å². The van der Waals surface area contributed by atoms with Gasteiger partial charge in [0.05, 0.1) is 11.3 Å². The molecule has 2 heterocycles. The Labute approximate surface area is 150 Å². The Morgan fingerprint density at radius 2 is 2.17 bits per heavy atom. The summed E-state index contributed by atoms with van der Waals surface area (Å²) in [5, 5.41) is 2.69. The Kier molecular flexibility index (Phi) is 6.04. The first-order valence-corrected chi connectivity index (χ1v) is 11.0. The fraction of sp³-hybridized carbons (Fsp3) is 0.688. The van der Waals surface area contributed by atoms with Crippen LogP contribution < -0.4 is 4.90 Å². The van der Waals surface area contributed by atoms with Gasteiger partial charge in [-0.15, -0.1) is 11.3 Å². The topological polar surface area (TPSA) is 45.6 Å². The summed E-state index contributed by atoms with van der Waals surface area (Å²) in [7, 11) is 0. The van der Waals surface area contributed by atoms with Crippen molar-refractivity contribution in [3.8, 4) is 0 Å². The van der Waals surface area contributed by atoms with E-state index >= 15 is 0 Å². The van der Waals surface area contributed by atoms with Crippen LogP contribution in [0.5, 0.6) is 0 Å². The standard InChI is InChI=1S/C16H23N3OS3/c1-11-10-22-16(18-11)23-12(2)14(20)19(15-17-8-9-21-15)13-6-4-3-5-7-13/h8-9,11-13H,3-7,10H2,1-2H3. The maximum Gasteiger partial charge on any atom is 0.242 e. The second kappa shape index (κ2) is 8.03. The van der Waals surface area contributed by atoms with E-state index in [4.69, 9.17) is 0 Å². The van der Waals surface area contributed by atoms with Gasteiger partial charge < -0.3 is 0 Å². The highest BCUT2D eigenvalue weighted by atomic mass is 32.2. The summed E-state index contributed by atoms with van der Waals surface area (Å²) in [6.45, 7) is 4.12. The number of thiazole rings is 1. The largest absolute Gasteiger partial charge is 0.284 e. The molecule has 1 aromatic heterocycles. The third-order valence-electron chi connectivity index (χ3n) is 4.20. The molecule has 1 saturated carbocycles. The zero-order valence-corrected chi connectivity index (χ0v) is 16.1. The van der Waals surface area contributed by atoms with Crippen LogP contribution in [0.25, 0.3) is 0 Å². The van der Waals surface area contributed by atoms with E-state index in [0.29, 0.717) is 12.1 Å². The summed E-state index contributed by atoms with van der Waals surface area (Å²) in [5.74, 6) is 1.21. The molecule has 1 aliphatic heterocycles. The van der Waals surface area contributed by atoms with Crippen molar-refractivity contribution in [2.75, 3.05) is 10.7 Å². The molecule has 0 N–H and O–H groups in total. The van der Waals surface area contributed by atoms with Crippen molar-refractivity contribution < 1.29 is 4.79 Å². The first-order chi connectivity index (χ1) is 11.1. The Morgan fingerprint density at radius 1 is 1.39 bits per heavy atom. The number of thioether (sulfide) groups is 2. The molecule has 23 heavy (non-hydrogen) atoms. The van der Waals surface area contributed by atoms with E-state index in [-0.39, 0.29) is 11.2 Å². The average molecular weight is 370 g/mol. The summed E-state index contributed by atoms with van der Waals surface area (Å²) in [4.78, 5) is 24.1. The van der Waals surface area contributed by atoms with E-state index < -0.39 is 0 Å². The van der Waals surface area contributed by atoms with Crippen molar-refractivity contribution >= 4 is 50.3 Å². The number of rotatable bonds is 4. The Balaban J connectivity index is 1.73. The van der Waals surface area contributed by atoms with Crippen molar-refractivity contribution in [3.63, 3.8) is 0 Å². The highest BCUT2D eigenvalue weighted by Crippen LogP contribution is 2.33. The van der Waals surface area contributed by atoms with E-state index in [1.54, 1.807) is 41.1 Å². The summed E-state index contributed by atoms with van der Waals surface area (Å²) in [5.41, 5.74) is 0. The molecule has 0 bridgehead atoms. The molecule has 0 radical (unpaired) electrons. The van der Waals surface area contributed by atoms with Gasteiger partial charge in [-0.3, -0.25) is 14.7 Å². The number of carbonyl (C=O) groups is 1. The lowest BCUT2D eigenvalue weighted by molar-refractivity contribution is -0.118. The lowest BCUT2D eigenvalue weighted by Crippen LogP contribution is -2.45. The zero-order valence-electron chi connectivity index (χ0n) is 13.6. The lowest BCUT2D eigenvalue weighted by atomic mass is 9.94. The lowest BCUT2D eigenvalue weighted by Gasteiger charge is -2.34. The summed E-state index contributed by atoms with van der Waals surface area (Å²) in [6.07, 6.45) is 7.68. The number of aromatic nitrogens is 1. The fourth-order valence-electron chi connectivity index (χ4n) is 3.01. The minimum atomic E-state index is -0.114. The van der Waals surface area contributed by atoms with Crippen molar-refractivity contribution in [1.29, 1.82) is 0 Å². The van der Waals surface area contributed by atoms with Crippen molar-refractivity contribution in [1.82, 2.24) is 4.98 Å². The molecule has 1 aliphatic carbocycles. The quantitative estimate of drug-likeness (QED) is 0.788. The molecule has 1 amide bonds. The highest BCUT2D eigenvalue weighted by Gasteiger charge is 2.32. The number of hydrogen-bond donors (Lipinski definition) is 0. The number of carbonyl (C=O) groups excluding carboxylic acids is 1. The van der Waals surface area contributed by atoms with Gasteiger partial charge in [-0.25, -0.2) is 4.98 Å². The first-order valence-electron chi connectivity index (χ1n) is 8.25. The van der Waals surface area contributed by atoms with Crippen LogP contribution in [-0.2, 0) is 4.79 Å².